The molecule has 140 valence electrons. The van der Waals surface area contributed by atoms with E-state index in [2.05, 4.69) is 22.8 Å². The molecule has 0 radical (unpaired) electrons. The average molecular weight is 358 g/mol. The summed E-state index contributed by atoms with van der Waals surface area (Å²) in [5.74, 6) is 1.01. The molecule has 1 saturated heterocycles. The van der Waals surface area contributed by atoms with Crippen molar-refractivity contribution in [2.75, 3.05) is 31.8 Å². The van der Waals surface area contributed by atoms with Gasteiger partial charge in [0, 0.05) is 37.2 Å². The minimum atomic E-state index is -0.356. The van der Waals surface area contributed by atoms with Crippen molar-refractivity contribution in [2.45, 2.75) is 38.6 Å². The fourth-order valence-electron chi connectivity index (χ4n) is 3.67. The SMILES string of the molecule is CCCC1=CC(N2CCC[C@H]2COC)=NCN1c1cccc([N+](=O)[O-])c1. The van der Waals surface area contributed by atoms with Crippen LogP contribution in [0.4, 0.5) is 11.4 Å². The Labute approximate surface area is 154 Å². The standard InChI is InChI=1S/C19H26N4O3/c1-3-6-15-12-19(21-10-5-9-18(21)13-26-2)20-14-22(15)16-7-4-8-17(11-16)23(24)25/h4,7-8,11-12,18H,3,5-6,9-10,13-14H2,1-2H3/t18-/m0/s1. The Kier molecular flexibility index (Phi) is 5.88. The maximum atomic E-state index is 11.1. The lowest BCUT2D eigenvalue weighted by molar-refractivity contribution is -0.384. The third kappa shape index (κ3) is 3.88. The van der Waals surface area contributed by atoms with Crippen molar-refractivity contribution in [2.24, 2.45) is 4.99 Å². The molecule has 0 aromatic heterocycles. The lowest BCUT2D eigenvalue weighted by atomic mass is 10.1. The van der Waals surface area contributed by atoms with Crippen LogP contribution in [0.1, 0.15) is 32.6 Å². The monoisotopic (exact) mass is 358 g/mol. The molecule has 0 spiro atoms. The number of nitro benzene ring substituents is 1. The highest BCUT2D eigenvalue weighted by atomic mass is 16.6. The topological polar surface area (TPSA) is 71.2 Å². The van der Waals surface area contributed by atoms with Gasteiger partial charge in [0.1, 0.15) is 12.5 Å². The molecule has 0 amide bonds. The van der Waals surface area contributed by atoms with E-state index in [1.54, 1.807) is 19.2 Å². The van der Waals surface area contributed by atoms with Crippen LogP contribution in [0, 0.1) is 10.1 Å². The molecule has 3 rings (SSSR count). The van der Waals surface area contributed by atoms with Gasteiger partial charge in [-0.1, -0.05) is 19.4 Å². The smallest absolute Gasteiger partial charge is 0.271 e. The zero-order chi connectivity index (χ0) is 18.5. The second-order valence-corrected chi connectivity index (χ2v) is 6.69. The number of allylic oxidation sites excluding steroid dienone is 1. The molecule has 1 atom stereocenters. The molecule has 1 aromatic rings. The van der Waals surface area contributed by atoms with Crippen molar-refractivity contribution in [3.8, 4) is 0 Å². The first kappa shape index (κ1) is 18.4. The van der Waals surface area contributed by atoms with Crippen LogP contribution in [0.5, 0.6) is 0 Å². The minimum absolute atomic E-state index is 0.104. The van der Waals surface area contributed by atoms with E-state index in [1.165, 1.54) is 6.07 Å². The number of amidine groups is 1. The molecule has 0 aliphatic carbocycles. The summed E-state index contributed by atoms with van der Waals surface area (Å²) in [7, 11) is 1.74. The molecule has 26 heavy (non-hydrogen) atoms. The first-order valence-electron chi connectivity index (χ1n) is 9.16. The normalized spacial score (nSPS) is 20.2. The number of rotatable bonds is 6. The van der Waals surface area contributed by atoms with Crippen LogP contribution in [0.2, 0.25) is 0 Å². The number of nitrogens with zero attached hydrogens (tertiary/aromatic N) is 4. The van der Waals surface area contributed by atoms with Crippen LogP contribution < -0.4 is 4.90 Å². The molecule has 0 saturated carbocycles. The van der Waals surface area contributed by atoms with Crippen molar-refractivity contribution in [1.29, 1.82) is 0 Å². The van der Waals surface area contributed by atoms with Crippen molar-refractivity contribution in [3.05, 3.63) is 46.2 Å². The van der Waals surface area contributed by atoms with Gasteiger partial charge in [-0.15, -0.1) is 0 Å². The second-order valence-electron chi connectivity index (χ2n) is 6.69. The van der Waals surface area contributed by atoms with Crippen LogP contribution >= 0.6 is 0 Å². The molecule has 1 fully saturated rings. The fourth-order valence-corrected chi connectivity index (χ4v) is 3.67. The van der Waals surface area contributed by atoms with Crippen molar-refractivity contribution in [1.82, 2.24) is 4.90 Å². The van der Waals surface area contributed by atoms with E-state index in [1.807, 2.05) is 6.07 Å². The van der Waals surface area contributed by atoms with Gasteiger partial charge in [0.05, 0.1) is 17.6 Å². The van der Waals surface area contributed by atoms with E-state index in [9.17, 15) is 10.1 Å². The van der Waals surface area contributed by atoms with Gasteiger partial charge in [0.15, 0.2) is 0 Å². The molecule has 1 aromatic carbocycles. The van der Waals surface area contributed by atoms with Crippen molar-refractivity contribution < 1.29 is 9.66 Å². The van der Waals surface area contributed by atoms with E-state index in [-0.39, 0.29) is 10.6 Å². The van der Waals surface area contributed by atoms with Gasteiger partial charge in [0.25, 0.3) is 5.69 Å². The number of hydrogen-bond acceptors (Lipinski definition) is 6. The van der Waals surface area contributed by atoms with E-state index in [0.29, 0.717) is 19.3 Å². The summed E-state index contributed by atoms with van der Waals surface area (Å²) in [4.78, 5) is 19.9. The van der Waals surface area contributed by atoms with Gasteiger partial charge in [0.2, 0.25) is 0 Å². The minimum Gasteiger partial charge on any atom is -0.383 e. The Bertz CT molecular complexity index is 716. The Hall–Kier alpha value is -2.41. The highest BCUT2D eigenvalue weighted by Gasteiger charge is 2.29. The third-order valence-corrected chi connectivity index (χ3v) is 4.91. The summed E-state index contributed by atoms with van der Waals surface area (Å²) < 4.78 is 5.36. The van der Waals surface area contributed by atoms with Gasteiger partial charge >= 0.3 is 0 Å². The Morgan fingerprint density at radius 2 is 2.27 bits per heavy atom. The summed E-state index contributed by atoms with van der Waals surface area (Å²) in [5, 5.41) is 11.1. The lowest BCUT2D eigenvalue weighted by Gasteiger charge is -2.33. The molecule has 2 aliphatic rings. The van der Waals surface area contributed by atoms with Gasteiger partial charge in [-0.25, -0.2) is 4.99 Å². The largest absolute Gasteiger partial charge is 0.383 e. The molecule has 2 aliphatic heterocycles. The summed E-state index contributed by atoms with van der Waals surface area (Å²) in [6.07, 6.45) is 6.33. The van der Waals surface area contributed by atoms with Crippen LogP contribution in [-0.2, 0) is 4.74 Å². The van der Waals surface area contributed by atoms with Gasteiger partial charge in [-0.3, -0.25) is 10.1 Å². The van der Waals surface area contributed by atoms with Crippen molar-refractivity contribution in [3.63, 3.8) is 0 Å². The molecule has 7 nitrogen and oxygen atoms in total. The number of benzene rings is 1. The molecule has 0 unspecified atom stereocenters. The zero-order valence-corrected chi connectivity index (χ0v) is 15.4. The highest BCUT2D eigenvalue weighted by molar-refractivity contribution is 5.95. The summed E-state index contributed by atoms with van der Waals surface area (Å²) in [6.45, 7) is 4.34. The molecule has 2 heterocycles. The summed E-state index contributed by atoms with van der Waals surface area (Å²) in [5.41, 5.74) is 2.07. The van der Waals surface area contributed by atoms with Crippen LogP contribution in [-0.4, -0.2) is 48.6 Å². The molecular weight excluding hydrogens is 332 g/mol. The number of non-ortho nitro benzene ring substituents is 1. The number of nitro groups is 1. The number of aliphatic imine (C=N–C) groups is 1. The Morgan fingerprint density at radius 1 is 1.42 bits per heavy atom. The number of likely N-dealkylation sites (tertiary alicyclic amines) is 1. The second kappa shape index (κ2) is 8.31. The molecule has 0 N–H and O–H groups in total. The van der Waals surface area contributed by atoms with E-state index in [4.69, 9.17) is 9.73 Å². The fraction of sp³-hybridized carbons (Fsp3) is 0.526. The predicted octanol–water partition coefficient (Wildman–Crippen LogP) is 3.57. The number of methoxy groups -OCH3 is 1. The summed E-state index contributed by atoms with van der Waals surface area (Å²) >= 11 is 0. The van der Waals surface area contributed by atoms with E-state index in [0.717, 1.165) is 49.4 Å². The Morgan fingerprint density at radius 3 is 3.00 bits per heavy atom. The van der Waals surface area contributed by atoms with Gasteiger partial charge in [-0.05, 0) is 31.4 Å². The zero-order valence-electron chi connectivity index (χ0n) is 15.4. The average Bonchev–Trinajstić information content (AvgIpc) is 3.11. The van der Waals surface area contributed by atoms with Gasteiger partial charge in [-0.2, -0.15) is 0 Å². The van der Waals surface area contributed by atoms with E-state index >= 15 is 0 Å². The number of anilines is 1. The highest BCUT2D eigenvalue weighted by Crippen LogP contribution is 2.29. The molecular formula is C19H26N4O3. The van der Waals surface area contributed by atoms with Crippen molar-refractivity contribution >= 4 is 17.2 Å². The quantitative estimate of drug-likeness (QED) is 0.574. The van der Waals surface area contributed by atoms with E-state index < -0.39 is 0 Å². The first-order chi connectivity index (χ1) is 12.6. The number of hydrogen-bond donors (Lipinski definition) is 0. The molecule has 7 heteroatoms. The Balaban J connectivity index is 1.85. The maximum absolute atomic E-state index is 11.1. The third-order valence-electron chi connectivity index (χ3n) is 4.91. The lowest BCUT2D eigenvalue weighted by Crippen LogP contribution is -2.40. The molecule has 0 bridgehead atoms. The first-order valence-corrected chi connectivity index (χ1v) is 9.16. The van der Waals surface area contributed by atoms with Crippen LogP contribution in [0.3, 0.4) is 0 Å². The van der Waals surface area contributed by atoms with Crippen LogP contribution in [0.15, 0.2) is 41.0 Å². The maximum Gasteiger partial charge on any atom is 0.271 e. The van der Waals surface area contributed by atoms with Gasteiger partial charge < -0.3 is 14.5 Å². The number of ether oxygens (including phenoxy) is 1. The summed E-state index contributed by atoms with van der Waals surface area (Å²) in [6, 6.07) is 7.15. The van der Waals surface area contributed by atoms with Crippen LogP contribution in [0.25, 0.3) is 0 Å². The predicted molar refractivity (Wildman–Crippen MR) is 102 cm³/mol.